The lowest BCUT2D eigenvalue weighted by Gasteiger charge is -2.40. The first-order valence-electron chi connectivity index (χ1n) is 6.18. The number of halogens is 1. The predicted molar refractivity (Wildman–Crippen MR) is 66.4 cm³/mol. The van der Waals surface area contributed by atoms with Crippen LogP contribution in [0.1, 0.15) is 43.5 Å². The molecule has 1 N–H and O–H groups in total. The van der Waals surface area contributed by atoms with Gasteiger partial charge in [0, 0.05) is 12.1 Å². The Bertz CT molecular complexity index is 454. The number of carbonyl (C=O) groups is 1. The summed E-state index contributed by atoms with van der Waals surface area (Å²) in [6.07, 6.45) is 4.21. The van der Waals surface area contributed by atoms with Gasteiger partial charge in [0.15, 0.2) is 0 Å². The van der Waals surface area contributed by atoms with E-state index >= 15 is 0 Å². The molecule has 2 atom stereocenters. The van der Waals surface area contributed by atoms with E-state index in [1.807, 2.05) is 18.7 Å². The molecular weight excluding hydrogens is 235 g/mol. The number of aromatic nitrogens is 1. The second kappa shape index (κ2) is 4.92. The molecule has 0 bridgehead atoms. The zero-order valence-corrected chi connectivity index (χ0v) is 10.6. The van der Waals surface area contributed by atoms with Gasteiger partial charge in [-0.2, -0.15) is 0 Å². The van der Waals surface area contributed by atoms with E-state index in [0.29, 0.717) is 5.82 Å². The van der Waals surface area contributed by atoms with Crippen molar-refractivity contribution >= 4 is 11.8 Å². The first-order chi connectivity index (χ1) is 8.50. The third kappa shape index (κ3) is 2.30. The summed E-state index contributed by atoms with van der Waals surface area (Å²) in [5, 5.41) is 9.16. The van der Waals surface area contributed by atoms with Crippen LogP contribution in [-0.2, 0) is 0 Å². The monoisotopic (exact) mass is 252 g/mol. The molecule has 0 unspecified atom stereocenters. The minimum absolute atomic E-state index is 0.0596. The van der Waals surface area contributed by atoms with E-state index in [4.69, 9.17) is 5.11 Å². The number of hydrogen-bond donors (Lipinski definition) is 1. The van der Waals surface area contributed by atoms with Crippen molar-refractivity contribution in [3.63, 3.8) is 0 Å². The molecule has 0 saturated carbocycles. The highest BCUT2D eigenvalue weighted by molar-refractivity contribution is 5.93. The van der Waals surface area contributed by atoms with Gasteiger partial charge in [0.1, 0.15) is 17.2 Å². The molecule has 18 heavy (non-hydrogen) atoms. The smallest absolute Gasteiger partial charge is 0.339 e. The number of aromatic carboxylic acids is 1. The molecule has 1 aliphatic heterocycles. The third-order valence-corrected chi connectivity index (χ3v) is 3.50. The van der Waals surface area contributed by atoms with Crippen LogP contribution in [0.2, 0.25) is 0 Å². The fourth-order valence-electron chi connectivity index (χ4n) is 2.63. The molecule has 2 heterocycles. The zero-order chi connectivity index (χ0) is 13.3. The number of piperidine rings is 1. The molecule has 0 aliphatic carbocycles. The molecule has 1 aliphatic rings. The van der Waals surface area contributed by atoms with Crippen molar-refractivity contribution in [2.45, 2.75) is 45.2 Å². The standard InChI is InChI=1S/C13H17FN2O2/c1-8-4-3-5-9(2)16(8)12-11(13(17)18)6-10(14)7-15-12/h6-9H,3-5H2,1-2H3,(H,17,18)/t8-,9+. The topological polar surface area (TPSA) is 53.4 Å². The Hall–Kier alpha value is -1.65. The summed E-state index contributed by atoms with van der Waals surface area (Å²) in [6, 6.07) is 1.49. The van der Waals surface area contributed by atoms with Gasteiger partial charge in [-0.15, -0.1) is 0 Å². The van der Waals surface area contributed by atoms with E-state index in [2.05, 4.69) is 4.98 Å². The van der Waals surface area contributed by atoms with Crippen molar-refractivity contribution in [1.82, 2.24) is 4.98 Å². The fraction of sp³-hybridized carbons (Fsp3) is 0.538. The first-order valence-corrected chi connectivity index (χ1v) is 6.18. The summed E-state index contributed by atoms with van der Waals surface area (Å²) >= 11 is 0. The van der Waals surface area contributed by atoms with Crippen molar-refractivity contribution in [1.29, 1.82) is 0 Å². The summed E-state index contributed by atoms with van der Waals surface area (Å²) in [4.78, 5) is 17.2. The van der Waals surface area contributed by atoms with E-state index in [0.717, 1.165) is 31.5 Å². The lowest BCUT2D eigenvalue weighted by atomic mass is 9.97. The lowest BCUT2D eigenvalue weighted by Crippen LogP contribution is -2.45. The van der Waals surface area contributed by atoms with Gasteiger partial charge >= 0.3 is 5.97 Å². The Morgan fingerprint density at radius 3 is 2.61 bits per heavy atom. The number of carboxylic acid groups (broad SMARTS) is 1. The van der Waals surface area contributed by atoms with Gasteiger partial charge in [0.2, 0.25) is 0 Å². The van der Waals surface area contributed by atoms with Gasteiger partial charge in [-0.05, 0) is 39.2 Å². The second-order valence-corrected chi connectivity index (χ2v) is 4.87. The van der Waals surface area contributed by atoms with E-state index < -0.39 is 11.8 Å². The van der Waals surface area contributed by atoms with Gasteiger partial charge in [-0.25, -0.2) is 14.2 Å². The average Bonchev–Trinajstić information content (AvgIpc) is 2.30. The van der Waals surface area contributed by atoms with Crippen LogP contribution in [0.5, 0.6) is 0 Å². The molecule has 4 nitrogen and oxygen atoms in total. The molecule has 1 saturated heterocycles. The maximum Gasteiger partial charge on any atom is 0.339 e. The van der Waals surface area contributed by atoms with Crippen molar-refractivity contribution in [2.75, 3.05) is 4.90 Å². The molecule has 0 radical (unpaired) electrons. The summed E-state index contributed by atoms with van der Waals surface area (Å²) in [5.41, 5.74) is -0.0596. The molecule has 0 amide bonds. The van der Waals surface area contributed by atoms with Crippen LogP contribution in [0.3, 0.4) is 0 Å². The largest absolute Gasteiger partial charge is 0.478 e. The average molecular weight is 252 g/mol. The van der Waals surface area contributed by atoms with Crippen LogP contribution in [0.15, 0.2) is 12.3 Å². The van der Waals surface area contributed by atoms with Gasteiger partial charge in [-0.1, -0.05) is 0 Å². The van der Waals surface area contributed by atoms with Crippen molar-refractivity contribution in [3.8, 4) is 0 Å². The molecular formula is C13H17FN2O2. The van der Waals surface area contributed by atoms with Gasteiger partial charge < -0.3 is 10.0 Å². The summed E-state index contributed by atoms with van der Waals surface area (Å²) in [7, 11) is 0. The third-order valence-electron chi connectivity index (χ3n) is 3.50. The molecule has 1 aromatic rings. The summed E-state index contributed by atoms with van der Waals surface area (Å²) < 4.78 is 13.1. The SMILES string of the molecule is C[C@@H]1CCC[C@H](C)N1c1ncc(F)cc1C(=O)O. The molecule has 2 rings (SSSR count). The molecule has 98 valence electrons. The molecule has 0 aromatic carbocycles. The number of anilines is 1. The number of rotatable bonds is 2. The van der Waals surface area contributed by atoms with Crippen LogP contribution in [0.4, 0.5) is 10.2 Å². The van der Waals surface area contributed by atoms with Crippen LogP contribution in [0, 0.1) is 5.82 Å². The zero-order valence-electron chi connectivity index (χ0n) is 10.6. The Morgan fingerprint density at radius 1 is 1.44 bits per heavy atom. The van der Waals surface area contributed by atoms with Crippen LogP contribution in [-0.4, -0.2) is 28.1 Å². The minimum Gasteiger partial charge on any atom is -0.478 e. The van der Waals surface area contributed by atoms with Crippen LogP contribution in [0.25, 0.3) is 0 Å². The minimum atomic E-state index is -1.14. The van der Waals surface area contributed by atoms with Gasteiger partial charge in [-0.3, -0.25) is 0 Å². The molecule has 0 spiro atoms. The Labute approximate surface area is 105 Å². The Kier molecular flexibility index (Phi) is 3.50. The quantitative estimate of drug-likeness (QED) is 0.879. The van der Waals surface area contributed by atoms with E-state index in [-0.39, 0.29) is 17.6 Å². The summed E-state index contributed by atoms with van der Waals surface area (Å²) in [5.74, 6) is -1.38. The first kappa shape index (κ1) is 12.8. The second-order valence-electron chi connectivity index (χ2n) is 4.87. The van der Waals surface area contributed by atoms with Crippen molar-refractivity contribution < 1.29 is 14.3 Å². The lowest BCUT2D eigenvalue weighted by molar-refractivity contribution is 0.0696. The maximum absolute atomic E-state index is 13.1. The van der Waals surface area contributed by atoms with Gasteiger partial charge in [0.25, 0.3) is 0 Å². The highest BCUT2D eigenvalue weighted by atomic mass is 19.1. The number of carboxylic acids is 1. The van der Waals surface area contributed by atoms with Gasteiger partial charge in [0.05, 0.1) is 6.20 Å². The normalized spacial score (nSPS) is 24.1. The molecule has 1 fully saturated rings. The number of nitrogens with zero attached hydrogens (tertiary/aromatic N) is 2. The highest BCUT2D eigenvalue weighted by Gasteiger charge is 2.29. The van der Waals surface area contributed by atoms with Crippen molar-refractivity contribution in [3.05, 3.63) is 23.6 Å². The van der Waals surface area contributed by atoms with E-state index in [9.17, 15) is 9.18 Å². The van der Waals surface area contributed by atoms with E-state index in [1.165, 1.54) is 0 Å². The van der Waals surface area contributed by atoms with Crippen molar-refractivity contribution in [2.24, 2.45) is 0 Å². The molecule has 1 aromatic heterocycles. The van der Waals surface area contributed by atoms with Crippen LogP contribution < -0.4 is 4.90 Å². The number of pyridine rings is 1. The number of hydrogen-bond acceptors (Lipinski definition) is 3. The predicted octanol–water partition coefficient (Wildman–Crippen LogP) is 2.69. The Morgan fingerprint density at radius 2 is 2.06 bits per heavy atom. The summed E-state index contributed by atoms with van der Waals surface area (Å²) in [6.45, 7) is 4.10. The van der Waals surface area contributed by atoms with Crippen LogP contribution >= 0.6 is 0 Å². The maximum atomic E-state index is 13.1. The Balaban J connectivity index is 2.45. The van der Waals surface area contributed by atoms with E-state index in [1.54, 1.807) is 0 Å². The molecule has 5 heteroatoms. The fourth-order valence-corrected chi connectivity index (χ4v) is 2.63. The highest BCUT2D eigenvalue weighted by Crippen LogP contribution is 2.30.